The Labute approximate surface area is 127 Å². The minimum absolute atomic E-state index is 0.0365. The first-order valence-electron chi connectivity index (χ1n) is 6.26. The van der Waals surface area contributed by atoms with Crippen molar-refractivity contribution in [3.05, 3.63) is 70.6 Å². The Morgan fingerprint density at radius 3 is 2.09 bits per heavy atom. The van der Waals surface area contributed by atoms with Gasteiger partial charge in [0.2, 0.25) is 0 Å². The highest BCUT2D eigenvalue weighted by molar-refractivity contribution is 5.89. The topological polar surface area (TPSA) is 129 Å². The van der Waals surface area contributed by atoms with Gasteiger partial charge in [-0.25, -0.2) is 0 Å². The summed E-state index contributed by atoms with van der Waals surface area (Å²) in [7, 11) is 0. The molecular formula is C14H7N3O6. The number of hydrogen-bond acceptors (Lipinski definition) is 6. The summed E-state index contributed by atoms with van der Waals surface area (Å²) in [6.45, 7) is 3.63. The molecule has 1 aliphatic carbocycles. The third-order valence-electron chi connectivity index (χ3n) is 3.64. The molecule has 23 heavy (non-hydrogen) atoms. The van der Waals surface area contributed by atoms with Crippen molar-refractivity contribution in [2.24, 2.45) is 0 Å². The third kappa shape index (κ3) is 2.02. The van der Waals surface area contributed by atoms with Crippen LogP contribution in [0.25, 0.3) is 23.8 Å². The number of nitro groups is 3. The average molecular weight is 313 g/mol. The molecule has 2 aromatic carbocycles. The molecule has 0 atom stereocenters. The highest BCUT2D eigenvalue weighted by Gasteiger charge is 2.29. The molecular weight excluding hydrogens is 306 g/mol. The van der Waals surface area contributed by atoms with Gasteiger partial charge in [-0.05, 0) is 23.3 Å². The van der Waals surface area contributed by atoms with Gasteiger partial charge in [0.05, 0.1) is 31.6 Å². The van der Waals surface area contributed by atoms with E-state index in [-0.39, 0.29) is 21.7 Å². The lowest BCUT2D eigenvalue weighted by atomic mass is 10.0. The van der Waals surface area contributed by atoms with Gasteiger partial charge in [-0.15, -0.1) is 0 Å². The molecule has 0 aliphatic heterocycles. The van der Waals surface area contributed by atoms with Crippen LogP contribution in [0, 0.1) is 30.3 Å². The maximum Gasteiger partial charge on any atom is 0.284 e. The van der Waals surface area contributed by atoms with Crippen LogP contribution in [0.4, 0.5) is 17.1 Å². The van der Waals surface area contributed by atoms with Gasteiger partial charge in [0, 0.05) is 17.4 Å². The smallest absolute Gasteiger partial charge is 0.258 e. The van der Waals surface area contributed by atoms with Crippen molar-refractivity contribution in [3.8, 4) is 11.1 Å². The quantitative estimate of drug-likeness (QED) is 0.533. The van der Waals surface area contributed by atoms with Crippen molar-refractivity contribution in [1.29, 1.82) is 0 Å². The second-order valence-corrected chi connectivity index (χ2v) is 4.87. The number of non-ortho nitro benzene ring substituents is 2. The van der Waals surface area contributed by atoms with Crippen molar-refractivity contribution in [1.82, 2.24) is 0 Å². The zero-order chi connectivity index (χ0) is 16.9. The van der Waals surface area contributed by atoms with Crippen LogP contribution < -0.4 is 10.4 Å². The molecule has 0 N–H and O–H groups in total. The van der Waals surface area contributed by atoms with Crippen LogP contribution >= 0.6 is 0 Å². The van der Waals surface area contributed by atoms with Gasteiger partial charge in [-0.1, -0.05) is 6.58 Å². The van der Waals surface area contributed by atoms with E-state index in [4.69, 9.17) is 0 Å². The summed E-state index contributed by atoms with van der Waals surface area (Å²) in [6.07, 6.45) is 1.44. The highest BCUT2D eigenvalue weighted by Crippen LogP contribution is 2.35. The summed E-state index contributed by atoms with van der Waals surface area (Å²) in [6, 6.07) is 4.76. The van der Waals surface area contributed by atoms with Gasteiger partial charge in [-0.3, -0.25) is 30.3 Å². The summed E-state index contributed by atoms with van der Waals surface area (Å²) < 4.78 is 0. The van der Waals surface area contributed by atoms with E-state index in [1.807, 2.05) is 0 Å². The Kier molecular flexibility index (Phi) is 2.93. The van der Waals surface area contributed by atoms with Gasteiger partial charge in [-0.2, -0.15) is 0 Å². The van der Waals surface area contributed by atoms with Gasteiger partial charge < -0.3 is 0 Å². The van der Waals surface area contributed by atoms with Gasteiger partial charge in [0.25, 0.3) is 17.1 Å². The molecule has 0 fully saturated rings. The van der Waals surface area contributed by atoms with E-state index < -0.39 is 26.1 Å². The summed E-state index contributed by atoms with van der Waals surface area (Å²) in [5, 5.41) is 33.4. The maximum absolute atomic E-state index is 11.3. The molecule has 0 aromatic heterocycles. The molecule has 9 heteroatoms. The fourth-order valence-electron chi connectivity index (χ4n) is 2.63. The second-order valence-electron chi connectivity index (χ2n) is 4.87. The lowest BCUT2D eigenvalue weighted by Crippen LogP contribution is -2.27. The van der Waals surface area contributed by atoms with E-state index >= 15 is 0 Å². The van der Waals surface area contributed by atoms with E-state index in [1.54, 1.807) is 0 Å². The Hall–Kier alpha value is -3.62. The first-order chi connectivity index (χ1) is 10.8. The minimum atomic E-state index is -0.741. The fourth-order valence-corrected chi connectivity index (χ4v) is 2.63. The number of nitro benzene ring substituents is 3. The lowest BCUT2D eigenvalue weighted by molar-refractivity contribution is -0.394. The zero-order valence-electron chi connectivity index (χ0n) is 11.4. The molecule has 3 rings (SSSR count). The molecule has 9 nitrogen and oxygen atoms in total. The van der Waals surface area contributed by atoms with E-state index in [9.17, 15) is 30.3 Å². The van der Waals surface area contributed by atoms with E-state index in [1.165, 1.54) is 24.3 Å². The van der Waals surface area contributed by atoms with Crippen LogP contribution in [0.5, 0.6) is 0 Å². The molecule has 0 heterocycles. The number of nitrogens with zero attached hydrogens (tertiary/aromatic N) is 3. The molecule has 0 bridgehead atoms. The average Bonchev–Trinajstić information content (AvgIpc) is 2.86. The SMILES string of the molecule is C=c1c([N+](=O)[O-])cc([N+](=O)[O-])c2c1=Cc1cc([N+](=O)[O-])ccc1-2. The summed E-state index contributed by atoms with van der Waals surface area (Å²) in [4.78, 5) is 31.1. The Morgan fingerprint density at radius 2 is 1.52 bits per heavy atom. The van der Waals surface area contributed by atoms with E-state index in [0.717, 1.165) is 6.07 Å². The molecule has 0 spiro atoms. The van der Waals surface area contributed by atoms with Gasteiger partial charge >= 0.3 is 0 Å². The van der Waals surface area contributed by atoms with Crippen molar-refractivity contribution in [2.45, 2.75) is 0 Å². The number of rotatable bonds is 3. The van der Waals surface area contributed by atoms with Gasteiger partial charge in [0.1, 0.15) is 0 Å². The van der Waals surface area contributed by atoms with Crippen LogP contribution in [0.15, 0.2) is 24.3 Å². The van der Waals surface area contributed by atoms with Crippen molar-refractivity contribution in [3.63, 3.8) is 0 Å². The molecule has 0 saturated carbocycles. The number of hydrogen-bond donors (Lipinski definition) is 0. The maximum atomic E-state index is 11.3. The highest BCUT2D eigenvalue weighted by atomic mass is 16.6. The van der Waals surface area contributed by atoms with Crippen LogP contribution in [-0.4, -0.2) is 14.8 Å². The Balaban J connectivity index is 2.42. The minimum Gasteiger partial charge on any atom is -0.258 e. The standard InChI is InChI=1S/C14H7N3O6/c1-7-11-5-8-4-9(15(18)19)2-3-10(8)14(11)13(17(22)23)6-12(7)16(20)21/h2-6H,1H2. The van der Waals surface area contributed by atoms with Crippen molar-refractivity contribution < 1.29 is 14.8 Å². The summed E-state index contributed by atoms with van der Waals surface area (Å²) >= 11 is 0. The third-order valence-corrected chi connectivity index (χ3v) is 3.64. The molecule has 0 amide bonds. The first kappa shape index (κ1) is 14.3. The first-order valence-corrected chi connectivity index (χ1v) is 6.26. The van der Waals surface area contributed by atoms with E-state index in [2.05, 4.69) is 6.58 Å². The Bertz CT molecular complexity index is 1030. The van der Waals surface area contributed by atoms with Crippen LogP contribution in [-0.2, 0) is 0 Å². The van der Waals surface area contributed by atoms with Crippen molar-refractivity contribution >= 4 is 29.7 Å². The number of fused-ring (bicyclic) bond motifs is 3. The molecule has 0 saturated heterocycles. The van der Waals surface area contributed by atoms with Crippen LogP contribution in [0.3, 0.4) is 0 Å². The van der Waals surface area contributed by atoms with Gasteiger partial charge in [0.15, 0.2) is 0 Å². The molecule has 0 unspecified atom stereocenters. The largest absolute Gasteiger partial charge is 0.284 e. The Morgan fingerprint density at radius 1 is 0.870 bits per heavy atom. The van der Waals surface area contributed by atoms with Crippen LogP contribution in [0.2, 0.25) is 0 Å². The zero-order valence-corrected chi connectivity index (χ0v) is 11.4. The molecule has 2 aromatic rings. The summed E-state index contributed by atoms with van der Waals surface area (Å²) in [5.41, 5.74) is -0.0668. The molecule has 1 aliphatic rings. The monoisotopic (exact) mass is 313 g/mol. The summed E-state index contributed by atoms with van der Waals surface area (Å²) in [5.74, 6) is 0. The second kappa shape index (κ2) is 4.70. The molecule has 0 radical (unpaired) electrons. The van der Waals surface area contributed by atoms with Crippen molar-refractivity contribution in [2.75, 3.05) is 0 Å². The molecule has 114 valence electrons. The predicted octanol–water partition coefficient (Wildman–Crippen LogP) is 1.63. The number of benzene rings is 2. The lowest BCUT2D eigenvalue weighted by Gasteiger charge is -2.03. The fraction of sp³-hybridized carbons (Fsp3) is 0. The predicted molar refractivity (Wildman–Crippen MR) is 80.2 cm³/mol. The van der Waals surface area contributed by atoms with Crippen LogP contribution in [0.1, 0.15) is 5.56 Å². The normalized spacial score (nSPS) is 11.3. The van der Waals surface area contributed by atoms with E-state index in [0.29, 0.717) is 11.1 Å².